The number of rotatable bonds is 7. The molecule has 2 aromatic heterocycles. The molecule has 5 N–H and O–H groups in total. The fraction of sp³-hybridized carbons (Fsp3) is 0.400. The van der Waals surface area contributed by atoms with Gasteiger partial charge in [-0.2, -0.15) is 13.5 Å². The van der Waals surface area contributed by atoms with E-state index in [4.69, 9.17) is 4.18 Å². The number of fused-ring (bicyclic) bond motifs is 1. The van der Waals surface area contributed by atoms with Gasteiger partial charge in [-0.1, -0.05) is 26.0 Å². The molecule has 1 aliphatic carbocycles. The summed E-state index contributed by atoms with van der Waals surface area (Å²) in [6.45, 7) is 3.64. The van der Waals surface area contributed by atoms with Gasteiger partial charge in [0.05, 0.1) is 17.4 Å². The minimum absolute atomic E-state index is 0. The zero-order valence-electron chi connectivity index (χ0n) is 16.6. The number of nitrogens with zero attached hydrogens (tertiary/aromatic N) is 2. The van der Waals surface area contributed by atoms with Crippen molar-refractivity contribution in [2.75, 3.05) is 0 Å². The maximum absolute atomic E-state index is 11.4. The van der Waals surface area contributed by atoms with E-state index in [0.29, 0.717) is 24.3 Å². The molecule has 9 heteroatoms. The summed E-state index contributed by atoms with van der Waals surface area (Å²) in [7, 11) is -4.58. The van der Waals surface area contributed by atoms with Crippen LogP contribution in [0.3, 0.4) is 0 Å². The minimum Gasteiger partial charge on any atom is -0.344 e. The maximum atomic E-state index is 11.4. The van der Waals surface area contributed by atoms with Crippen LogP contribution >= 0.6 is 0 Å². The second-order valence-corrected chi connectivity index (χ2v) is 8.30. The Morgan fingerprint density at radius 3 is 2.45 bits per heavy atom. The molecule has 0 amide bonds. The molecule has 3 aromatic rings. The van der Waals surface area contributed by atoms with Crippen LogP contribution in [0.25, 0.3) is 22.2 Å². The highest BCUT2D eigenvalue weighted by Crippen LogP contribution is 2.47. The number of pyridine rings is 1. The number of aromatic nitrogens is 3. The molecule has 2 heterocycles. The molecule has 1 saturated carbocycles. The average Bonchev–Trinajstić information content (AvgIpc) is 3.41. The third-order valence-corrected chi connectivity index (χ3v) is 6.15. The molecule has 8 nitrogen and oxygen atoms in total. The van der Waals surface area contributed by atoms with E-state index in [1.807, 2.05) is 38.2 Å². The molecule has 1 fully saturated rings. The molecule has 0 saturated heterocycles. The molecule has 29 heavy (non-hydrogen) atoms. The summed E-state index contributed by atoms with van der Waals surface area (Å²) in [5.41, 5.74) is 3.65. The first-order valence-electron chi connectivity index (χ1n) is 9.48. The Balaban J connectivity index is 0.00000240. The van der Waals surface area contributed by atoms with Crippen molar-refractivity contribution in [1.82, 2.24) is 21.3 Å². The van der Waals surface area contributed by atoms with Crippen LogP contribution in [0.15, 0.2) is 36.7 Å². The van der Waals surface area contributed by atoms with E-state index in [0.717, 1.165) is 35.0 Å². The predicted octanol–water partition coefficient (Wildman–Crippen LogP) is 4.50. The van der Waals surface area contributed by atoms with Gasteiger partial charge in [0.25, 0.3) is 0 Å². The van der Waals surface area contributed by atoms with E-state index in [1.54, 1.807) is 6.20 Å². The van der Waals surface area contributed by atoms with Gasteiger partial charge < -0.3 is 6.15 Å². The molecule has 0 radical (unpaired) electrons. The summed E-state index contributed by atoms with van der Waals surface area (Å²) < 4.78 is 37.0. The molecule has 0 aliphatic heterocycles. The van der Waals surface area contributed by atoms with Gasteiger partial charge in [-0.15, -0.1) is 0 Å². The van der Waals surface area contributed by atoms with Crippen LogP contribution in [-0.4, -0.2) is 28.2 Å². The summed E-state index contributed by atoms with van der Waals surface area (Å²) in [5.74, 6) is 0.519. The van der Waals surface area contributed by atoms with E-state index in [2.05, 4.69) is 21.2 Å². The Labute approximate surface area is 170 Å². The van der Waals surface area contributed by atoms with Crippen LogP contribution in [0, 0.1) is 0 Å². The SMILES string of the molecule is CCC(CC)(OS(=O)(=O)O)c1ccc(-c2ccc3[nH]ncc3c2C2CC2)nc1.N. The second-order valence-electron chi connectivity index (χ2n) is 7.28. The molecule has 0 atom stereocenters. The van der Waals surface area contributed by atoms with Gasteiger partial charge >= 0.3 is 10.4 Å². The first-order chi connectivity index (χ1) is 13.4. The fourth-order valence-corrected chi connectivity index (χ4v) is 4.66. The Morgan fingerprint density at radius 1 is 1.17 bits per heavy atom. The molecule has 1 aromatic carbocycles. The summed E-state index contributed by atoms with van der Waals surface area (Å²) >= 11 is 0. The highest BCUT2D eigenvalue weighted by Gasteiger charge is 2.35. The van der Waals surface area contributed by atoms with E-state index >= 15 is 0 Å². The van der Waals surface area contributed by atoms with Gasteiger partial charge in [0, 0.05) is 22.7 Å². The van der Waals surface area contributed by atoms with E-state index < -0.39 is 16.0 Å². The lowest BCUT2D eigenvalue weighted by molar-refractivity contribution is 0.0507. The first kappa shape index (κ1) is 21.4. The molecule has 0 unspecified atom stereocenters. The topological polar surface area (TPSA) is 140 Å². The van der Waals surface area contributed by atoms with Crippen LogP contribution < -0.4 is 6.15 Å². The van der Waals surface area contributed by atoms with Crippen molar-refractivity contribution in [2.45, 2.75) is 51.0 Å². The lowest BCUT2D eigenvalue weighted by Gasteiger charge is -2.29. The quantitative estimate of drug-likeness (QED) is 0.480. The monoisotopic (exact) mass is 418 g/mol. The van der Waals surface area contributed by atoms with E-state index in [-0.39, 0.29) is 6.15 Å². The third kappa shape index (κ3) is 4.04. The van der Waals surface area contributed by atoms with Crippen LogP contribution in [0.5, 0.6) is 0 Å². The standard InChI is InChI=1S/C20H23N3O4S.H3N/c1-3-20(4-2,27-28(24,25)26)14-7-9-17(21-11-14)15-8-10-18-16(12-22-23-18)19(15)13-5-6-13;/h7-13H,3-6H2,1-2H3,(H,22,23)(H,24,25,26);1H3. The van der Waals surface area contributed by atoms with Gasteiger partial charge in [-0.25, -0.2) is 4.18 Å². The van der Waals surface area contributed by atoms with Crippen molar-refractivity contribution >= 4 is 21.3 Å². The lowest BCUT2D eigenvalue weighted by Crippen LogP contribution is -2.31. The number of hydrogen-bond donors (Lipinski definition) is 3. The van der Waals surface area contributed by atoms with Gasteiger partial charge in [-0.05, 0) is 49.3 Å². The van der Waals surface area contributed by atoms with Crippen molar-refractivity contribution in [3.8, 4) is 11.3 Å². The van der Waals surface area contributed by atoms with Gasteiger partial charge in [0.2, 0.25) is 0 Å². The van der Waals surface area contributed by atoms with Gasteiger partial charge in [0.15, 0.2) is 0 Å². The highest BCUT2D eigenvalue weighted by atomic mass is 32.3. The largest absolute Gasteiger partial charge is 0.398 e. The molecular formula is C20H26N4O4S. The average molecular weight is 419 g/mol. The highest BCUT2D eigenvalue weighted by molar-refractivity contribution is 7.80. The number of H-pyrrole nitrogens is 1. The summed E-state index contributed by atoms with van der Waals surface area (Å²) in [5, 5.41) is 8.31. The number of hydrogen-bond acceptors (Lipinski definition) is 6. The van der Waals surface area contributed by atoms with Crippen molar-refractivity contribution < 1.29 is 17.2 Å². The van der Waals surface area contributed by atoms with Crippen molar-refractivity contribution in [2.24, 2.45) is 0 Å². The van der Waals surface area contributed by atoms with Crippen molar-refractivity contribution in [3.63, 3.8) is 0 Å². The zero-order chi connectivity index (χ0) is 19.9. The smallest absolute Gasteiger partial charge is 0.344 e. The van der Waals surface area contributed by atoms with Crippen LogP contribution in [0.2, 0.25) is 0 Å². The number of benzene rings is 1. The first-order valence-corrected chi connectivity index (χ1v) is 10.8. The maximum Gasteiger partial charge on any atom is 0.398 e. The Kier molecular flexibility index (Phi) is 5.77. The number of aromatic amines is 1. The van der Waals surface area contributed by atoms with Crippen LogP contribution in [0.1, 0.15) is 56.6 Å². The summed E-state index contributed by atoms with van der Waals surface area (Å²) in [6.07, 6.45) is 6.60. The van der Waals surface area contributed by atoms with Crippen molar-refractivity contribution in [1.29, 1.82) is 0 Å². The minimum atomic E-state index is -4.58. The van der Waals surface area contributed by atoms with Crippen LogP contribution in [0.4, 0.5) is 0 Å². The third-order valence-electron chi connectivity index (χ3n) is 5.62. The number of nitrogens with one attached hydrogen (secondary N) is 1. The molecule has 4 rings (SSSR count). The zero-order valence-corrected chi connectivity index (χ0v) is 17.4. The fourth-order valence-electron chi connectivity index (χ4n) is 3.92. The van der Waals surface area contributed by atoms with Gasteiger partial charge in [-0.3, -0.25) is 14.6 Å². The van der Waals surface area contributed by atoms with E-state index in [9.17, 15) is 13.0 Å². The summed E-state index contributed by atoms with van der Waals surface area (Å²) in [4.78, 5) is 4.62. The molecular weight excluding hydrogens is 392 g/mol. The normalized spacial score (nSPS) is 14.7. The van der Waals surface area contributed by atoms with Gasteiger partial charge in [0.1, 0.15) is 5.60 Å². The molecule has 0 spiro atoms. The Hall–Kier alpha value is -2.33. The Bertz CT molecular complexity index is 1100. The Morgan fingerprint density at radius 2 is 1.90 bits per heavy atom. The van der Waals surface area contributed by atoms with E-state index in [1.165, 1.54) is 5.56 Å². The molecule has 156 valence electrons. The summed E-state index contributed by atoms with van der Waals surface area (Å²) in [6, 6.07) is 7.77. The lowest BCUT2D eigenvalue weighted by atomic mass is 9.89. The van der Waals surface area contributed by atoms with Crippen molar-refractivity contribution in [3.05, 3.63) is 47.8 Å². The predicted molar refractivity (Wildman–Crippen MR) is 111 cm³/mol. The van der Waals surface area contributed by atoms with Crippen LogP contribution in [-0.2, 0) is 20.2 Å². The molecule has 0 bridgehead atoms. The molecule has 1 aliphatic rings. The second kappa shape index (κ2) is 7.83.